The van der Waals surface area contributed by atoms with E-state index in [1.165, 1.54) is 6.20 Å². The summed E-state index contributed by atoms with van der Waals surface area (Å²) in [6.45, 7) is 3.53. The van der Waals surface area contributed by atoms with Crippen molar-refractivity contribution in [2.45, 2.75) is 19.9 Å². The summed E-state index contributed by atoms with van der Waals surface area (Å²) in [4.78, 5) is 24.9. The molecule has 0 aliphatic heterocycles. The second kappa shape index (κ2) is 8.46. The maximum atomic E-state index is 12.6. The molecular weight excluding hydrogens is 399 g/mol. The summed E-state index contributed by atoms with van der Waals surface area (Å²) >= 11 is 12.4. The number of carbonyl (C=O) groups is 1. The van der Waals surface area contributed by atoms with Crippen molar-refractivity contribution >= 4 is 40.5 Å². The summed E-state index contributed by atoms with van der Waals surface area (Å²) in [5, 5.41) is 10.3. The van der Waals surface area contributed by atoms with Crippen LogP contribution >= 0.6 is 23.2 Å². The molecule has 0 radical (unpaired) electrons. The SMILES string of the molecule is Cc1ccc(-n2ncc(NC(C)C(=O)Nc3ccccc3)c(Cl)c2=O)cc1Cl. The van der Waals surface area contributed by atoms with Gasteiger partial charge in [0.1, 0.15) is 11.1 Å². The Labute approximate surface area is 172 Å². The maximum Gasteiger partial charge on any atom is 0.292 e. The molecule has 6 nitrogen and oxygen atoms in total. The van der Waals surface area contributed by atoms with Gasteiger partial charge in [0.25, 0.3) is 5.56 Å². The molecule has 1 amide bonds. The molecule has 0 fully saturated rings. The van der Waals surface area contributed by atoms with Crippen LogP contribution in [0.25, 0.3) is 5.69 Å². The summed E-state index contributed by atoms with van der Waals surface area (Å²) in [5.74, 6) is -0.267. The third kappa shape index (κ3) is 4.35. The Morgan fingerprint density at radius 3 is 2.54 bits per heavy atom. The van der Waals surface area contributed by atoms with E-state index in [1.807, 2.05) is 25.1 Å². The Hall–Kier alpha value is -2.83. The zero-order valence-electron chi connectivity index (χ0n) is 15.2. The first kappa shape index (κ1) is 19.9. The highest BCUT2D eigenvalue weighted by molar-refractivity contribution is 6.33. The molecule has 1 heterocycles. The fourth-order valence-corrected chi connectivity index (χ4v) is 2.86. The molecule has 0 aliphatic rings. The van der Waals surface area contributed by atoms with Crippen molar-refractivity contribution in [3.8, 4) is 5.69 Å². The number of rotatable bonds is 5. The Morgan fingerprint density at radius 1 is 1.14 bits per heavy atom. The van der Waals surface area contributed by atoms with Gasteiger partial charge < -0.3 is 10.6 Å². The van der Waals surface area contributed by atoms with Gasteiger partial charge in [-0.3, -0.25) is 9.59 Å². The third-order valence-corrected chi connectivity index (χ3v) is 4.90. The molecule has 1 unspecified atom stereocenters. The second-order valence-corrected chi connectivity index (χ2v) is 7.03. The van der Waals surface area contributed by atoms with Crippen LogP contribution in [0.5, 0.6) is 0 Å². The van der Waals surface area contributed by atoms with Crippen molar-refractivity contribution in [3.05, 3.63) is 80.7 Å². The first-order valence-electron chi connectivity index (χ1n) is 8.53. The van der Waals surface area contributed by atoms with Gasteiger partial charge in [-0.2, -0.15) is 9.78 Å². The molecule has 0 saturated heterocycles. The zero-order valence-corrected chi connectivity index (χ0v) is 16.8. The average molecular weight is 417 g/mol. The molecule has 1 atom stereocenters. The summed E-state index contributed by atoms with van der Waals surface area (Å²) in [6.07, 6.45) is 1.41. The van der Waals surface area contributed by atoms with Crippen LogP contribution in [0.3, 0.4) is 0 Å². The summed E-state index contributed by atoms with van der Waals surface area (Å²) in [6, 6.07) is 13.6. The van der Waals surface area contributed by atoms with Crippen LogP contribution in [-0.4, -0.2) is 21.7 Å². The van der Waals surface area contributed by atoms with Crippen LogP contribution in [0, 0.1) is 6.92 Å². The van der Waals surface area contributed by atoms with Crippen LogP contribution in [0.15, 0.2) is 59.5 Å². The van der Waals surface area contributed by atoms with E-state index in [9.17, 15) is 9.59 Å². The number of hydrogen-bond acceptors (Lipinski definition) is 4. The van der Waals surface area contributed by atoms with Gasteiger partial charge in [0.05, 0.1) is 17.6 Å². The van der Waals surface area contributed by atoms with E-state index in [0.717, 1.165) is 10.2 Å². The first-order valence-corrected chi connectivity index (χ1v) is 9.29. The highest BCUT2D eigenvalue weighted by Gasteiger charge is 2.17. The van der Waals surface area contributed by atoms with E-state index in [0.29, 0.717) is 16.4 Å². The fraction of sp³-hybridized carbons (Fsp3) is 0.150. The number of aryl methyl sites for hydroxylation is 1. The van der Waals surface area contributed by atoms with Crippen molar-refractivity contribution in [2.75, 3.05) is 10.6 Å². The fourth-order valence-electron chi connectivity index (χ4n) is 2.50. The number of aromatic nitrogens is 2. The van der Waals surface area contributed by atoms with Gasteiger partial charge in [0.15, 0.2) is 0 Å². The lowest BCUT2D eigenvalue weighted by molar-refractivity contribution is -0.116. The molecule has 0 saturated carbocycles. The van der Waals surface area contributed by atoms with Gasteiger partial charge in [-0.1, -0.05) is 47.5 Å². The minimum absolute atomic E-state index is 0.0638. The lowest BCUT2D eigenvalue weighted by atomic mass is 10.2. The van der Waals surface area contributed by atoms with E-state index in [-0.39, 0.29) is 16.6 Å². The quantitative estimate of drug-likeness (QED) is 0.650. The molecule has 28 heavy (non-hydrogen) atoms. The summed E-state index contributed by atoms with van der Waals surface area (Å²) in [5.41, 5.74) is 1.83. The van der Waals surface area contributed by atoms with Crippen LogP contribution in [0.4, 0.5) is 11.4 Å². The van der Waals surface area contributed by atoms with Crippen LogP contribution in [0.1, 0.15) is 12.5 Å². The number of carbonyl (C=O) groups excluding carboxylic acids is 1. The molecule has 144 valence electrons. The molecule has 2 N–H and O–H groups in total. The second-order valence-electron chi connectivity index (χ2n) is 6.24. The molecule has 2 aromatic carbocycles. The summed E-state index contributed by atoms with van der Waals surface area (Å²) < 4.78 is 1.16. The number of amides is 1. The number of halogens is 2. The Kier molecular flexibility index (Phi) is 6.02. The van der Waals surface area contributed by atoms with E-state index < -0.39 is 11.6 Å². The highest BCUT2D eigenvalue weighted by Crippen LogP contribution is 2.21. The molecule has 8 heteroatoms. The van der Waals surface area contributed by atoms with Gasteiger partial charge in [-0.05, 0) is 43.7 Å². The number of nitrogens with one attached hydrogen (secondary N) is 2. The van der Waals surface area contributed by atoms with Crippen LogP contribution in [0.2, 0.25) is 10.0 Å². The number of para-hydroxylation sites is 1. The predicted molar refractivity (Wildman–Crippen MR) is 113 cm³/mol. The maximum absolute atomic E-state index is 12.6. The number of anilines is 2. The van der Waals surface area contributed by atoms with E-state index in [2.05, 4.69) is 15.7 Å². The average Bonchev–Trinajstić information content (AvgIpc) is 2.68. The van der Waals surface area contributed by atoms with Crippen LogP contribution in [-0.2, 0) is 4.79 Å². The largest absolute Gasteiger partial charge is 0.371 e. The molecular formula is C20H18Cl2N4O2. The predicted octanol–water partition coefficient (Wildman–Crippen LogP) is 4.29. The van der Waals surface area contributed by atoms with E-state index in [1.54, 1.807) is 37.3 Å². The molecule has 3 aromatic rings. The van der Waals surface area contributed by atoms with Gasteiger partial charge in [0, 0.05) is 10.7 Å². The normalized spacial score (nSPS) is 11.7. The summed E-state index contributed by atoms with van der Waals surface area (Å²) in [7, 11) is 0. The lowest BCUT2D eigenvalue weighted by Gasteiger charge is -2.16. The molecule has 0 spiro atoms. The first-order chi connectivity index (χ1) is 13.4. The van der Waals surface area contributed by atoms with Gasteiger partial charge in [-0.25, -0.2) is 0 Å². The van der Waals surface area contributed by atoms with Crippen molar-refractivity contribution in [1.29, 1.82) is 0 Å². The highest BCUT2D eigenvalue weighted by atomic mass is 35.5. The monoisotopic (exact) mass is 416 g/mol. The number of nitrogens with zero attached hydrogens (tertiary/aromatic N) is 2. The topological polar surface area (TPSA) is 76.0 Å². The molecule has 0 bridgehead atoms. The number of hydrogen-bond donors (Lipinski definition) is 2. The zero-order chi connectivity index (χ0) is 20.3. The minimum Gasteiger partial charge on any atom is -0.371 e. The van der Waals surface area contributed by atoms with Crippen molar-refractivity contribution in [1.82, 2.24) is 9.78 Å². The van der Waals surface area contributed by atoms with Gasteiger partial charge in [-0.15, -0.1) is 0 Å². The van der Waals surface area contributed by atoms with Crippen LogP contribution < -0.4 is 16.2 Å². The Balaban J connectivity index is 1.80. The van der Waals surface area contributed by atoms with Gasteiger partial charge in [0.2, 0.25) is 5.91 Å². The Bertz CT molecular complexity index is 1070. The molecule has 0 aliphatic carbocycles. The van der Waals surface area contributed by atoms with Crippen molar-refractivity contribution in [2.24, 2.45) is 0 Å². The van der Waals surface area contributed by atoms with Gasteiger partial charge >= 0.3 is 0 Å². The lowest BCUT2D eigenvalue weighted by Crippen LogP contribution is -2.33. The van der Waals surface area contributed by atoms with Crippen molar-refractivity contribution < 1.29 is 4.79 Å². The molecule has 1 aromatic heterocycles. The smallest absolute Gasteiger partial charge is 0.292 e. The number of benzene rings is 2. The minimum atomic E-state index is -0.636. The standard InChI is InChI=1S/C20H18Cl2N4O2/c1-12-8-9-15(10-16(12)21)26-20(28)18(22)17(11-23-26)24-13(2)19(27)25-14-6-4-3-5-7-14/h3-11,13,24H,1-2H3,(H,25,27). The van der Waals surface area contributed by atoms with E-state index in [4.69, 9.17) is 23.2 Å². The van der Waals surface area contributed by atoms with E-state index >= 15 is 0 Å². The third-order valence-electron chi connectivity index (χ3n) is 4.13. The van der Waals surface area contributed by atoms with Crippen molar-refractivity contribution in [3.63, 3.8) is 0 Å². The Morgan fingerprint density at radius 2 is 1.86 bits per heavy atom. The molecule has 3 rings (SSSR count).